The Hall–Kier alpha value is -1.40. The summed E-state index contributed by atoms with van der Waals surface area (Å²) in [7, 11) is 0. The second kappa shape index (κ2) is 3.77. The zero-order chi connectivity index (χ0) is 9.86. The lowest BCUT2D eigenvalue weighted by Crippen LogP contribution is -2.22. The van der Waals surface area contributed by atoms with Crippen LogP contribution in [0.2, 0.25) is 0 Å². The van der Waals surface area contributed by atoms with Gasteiger partial charge in [0, 0.05) is 25.5 Å². The van der Waals surface area contributed by atoms with E-state index in [2.05, 4.69) is 16.4 Å². The van der Waals surface area contributed by atoms with Crippen LogP contribution in [-0.2, 0) is 6.54 Å². The van der Waals surface area contributed by atoms with Crippen LogP contribution in [0.4, 0.5) is 0 Å². The fraction of sp³-hybridized carbons (Fsp3) is 0.455. The summed E-state index contributed by atoms with van der Waals surface area (Å²) in [5.41, 5.74) is 1.17. The van der Waals surface area contributed by atoms with Crippen LogP contribution < -0.4 is 5.32 Å². The largest absolute Gasteiger partial charge is 0.311 e. The number of nitrogens with one attached hydrogen (secondary N) is 1. The van der Waals surface area contributed by atoms with Crippen molar-refractivity contribution < 1.29 is 0 Å². The zero-order valence-corrected chi connectivity index (χ0v) is 8.03. The SMILES string of the molecule is N#CC1(CNCc2ccncc2)CC1. The first kappa shape index (κ1) is 9.17. The topological polar surface area (TPSA) is 48.7 Å². The van der Waals surface area contributed by atoms with Crippen LogP contribution in [0.15, 0.2) is 24.5 Å². The molecule has 0 unspecified atom stereocenters. The van der Waals surface area contributed by atoms with Crippen molar-refractivity contribution in [3.8, 4) is 6.07 Å². The summed E-state index contributed by atoms with van der Waals surface area (Å²) in [4.78, 5) is 3.95. The smallest absolute Gasteiger partial charge is 0.0703 e. The molecule has 0 aromatic carbocycles. The van der Waals surface area contributed by atoms with E-state index in [4.69, 9.17) is 5.26 Å². The van der Waals surface area contributed by atoms with Gasteiger partial charge in [-0.3, -0.25) is 4.98 Å². The van der Waals surface area contributed by atoms with Gasteiger partial charge in [-0.2, -0.15) is 5.26 Å². The predicted molar refractivity (Wildman–Crippen MR) is 53.2 cm³/mol. The molecule has 1 heterocycles. The highest BCUT2D eigenvalue weighted by atomic mass is 14.9. The number of hydrogen-bond donors (Lipinski definition) is 1. The minimum Gasteiger partial charge on any atom is -0.311 e. The first-order chi connectivity index (χ1) is 6.85. The molecule has 1 N–H and O–H groups in total. The molecule has 0 aliphatic heterocycles. The van der Waals surface area contributed by atoms with E-state index in [1.54, 1.807) is 12.4 Å². The molecule has 1 saturated carbocycles. The maximum atomic E-state index is 8.85. The standard InChI is InChI=1S/C11H13N3/c12-8-11(3-4-11)9-14-7-10-1-5-13-6-2-10/h1-2,5-6,14H,3-4,7,9H2. The van der Waals surface area contributed by atoms with Crippen LogP contribution in [0.1, 0.15) is 18.4 Å². The lowest BCUT2D eigenvalue weighted by Gasteiger charge is -2.07. The molecule has 1 aromatic rings. The molecule has 2 rings (SSSR count). The van der Waals surface area contributed by atoms with Gasteiger partial charge in [-0.15, -0.1) is 0 Å². The van der Waals surface area contributed by atoms with Gasteiger partial charge in [0.05, 0.1) is 11.5 Å². The van der Waals surface area contributed by atoms with Crippen LogP contribution in [0.5, 0.6) is 0 Å². The van der Waals surface area contributed by atoms with E-state index in [-0.39, 0.29) is 5.41 Å². The first-order valence-electron chi connectivity index (χ1n) is 4.86. The van der Waals surface area contributed by atoms with Crippen molar-refractivity contribution in [3.05, 3.63) is 30.1 Å². The average molecular weight is 187 g/mol. The highest BCUT2D eigenvalue weighted by molar-refractivity contribution is 5.13. The second-order valence-corrected chi connectivity index (χ2v) is 3.85. The van der Waals surface area contributed by atoms with Crippen molar-refractivity contribution in [2.75, 3.05) is 6.54 Å². The number of rotatable bonds is 4. The monoisotopic (exact) mass is 187 g/mol. The lowest BCUT2D eigenvalue weighted by molar-refractivity contribution is 0.558. The van der Waals surface area contributed by atoms with Gasteiger partial charge in [-0.25, -0.2) is 0 Å². The predicted octanol–water partition coefficient (Wildman–Crippen LogP) is 1.47. The van der Waals surface area contributed by atoms with Crippen molar-refractivity contribution in [3.63, 3.8) is 0 Å². The summed E-state index contributed by atoms with van der Waals surface area (Å²) in [6, 6.07) is 6.33. The number of nitrogens with zero attached hydrogens (tertiary/aromatic N) is 2. The van der Waals surface area contributed by atoms with Gasteiger partial charge in [0.25, 0.3) is 0 Å². The van der Waals surface area contributed by atoms with E-state index >= 15 is 0 Å². The quantitative estimate of drug-likeness (QED) is 0.776. The maximum Gasteiger partial charge on any atom is 0.0703 e. The van der Waals surface area contributed by atoms with Crippen molar-refractivity contribution >= 4 is 0 Å². The highest BCUT2D eigenvalue weighted by Crippen LogP contribution is 2.44. The number of aromatic nitrogens is 1. The lowest BCUT2D eigenvalue weighted by atomic mass is 10.1. The Bertz CT molecular complexity index is 335. The number of hydrogen-bond acceptors (Lipinski definition) is 3. The third kappa shape index (κ3) is 2.09. The molecule has 0 bridgehead atoms. The molecule has 3 heteroatoms. The fourth-order valence-corrected chi connectivity index (χ4v) is 1.43. The summed E-state index contributed by atoms with van der Waals surface area (Å²) < 4.78 is 0. The van der Waals surface area contributed by atoms with Gasteiger partial charge in [0.2, 0.25) is 0 Å². The molecule has 0 spiro atoms. The van der Waals surface area contributed by atoms with E-state index in [9.17, 15) is 0 Å². The Balaban J connectivity index is 1.77. The van der Waals surface area contributed by atoms with Crippen molar-refractivity contribution in [1.82, 2.24) is 10.3 Å². The summed E-state index contributed by atoms with van der Waals surface area (Å²) in [6.45, 7) is 1.64. The Morgan fingerprint density at radius 2 is 2.14 bits per heavy atom. The van der Waals surface area contributed by atoms with Crippen molar-refractivity contribution in [1.29, 1.82) is 5.26 Å². The Morgan fingerprint density at radius 3 is 2.71 bits per heavy atom. The average Bonchev–Trinajstić information content (AvgIpc) is 3.00. The van der Waals surface area contributed by atoms with Crippen LogP contribution in [0.25, 0.3) is 0 Å². The van der Waals surface area contributed by atoms with Crippen LogP contribution in [0.3, 0.4) is 0 Å². The molecule has 1 fully saturated rings. The molecule has 3 nitrogen and oxygen atoms in total. The fourth-order valence-electron chi connectivity index (χ4n) is 1.43. The zero-order valence-electron chi connectivity index (χ0n) is 8.03. The molecule has 0 atom stereocenters. The van der Waals surface area contributed by atoms with Gasteiger partial charge < -0.3 is 5.32 Å². The van der Waals surface area contributed by atoms with E-state index in [0.29, 0.717) is 0 Å². The Kier molecular flexibility index (Phi) is 2.47. The van der Waals surface area contributed by atoms with Gasteiger partial charge in [-0.05, 0) is 30.5 Å². The Morgan fingerprint density at radius 1 is 1.43 bits per heavy atom. The van der Waals surface area contributed by atoms with E-state index in [1.807, 2.05) is 12.1 Å². The van der Waals surface area contributed by atoms with Gasteiger partial charge in [0.1, 0.15) is 0 Å². The van der Waals surface area contributed by atoms with Gasteiger partial charge >= 0.3 is 0 Å². The molecule has 1 aliphatic carbocycles. The van der Waals surface area contributed by atoms with Crippen LogP contribution in [0, 0.1) is 16.7 Å². The van der Waals surface area contributed by atoms with Crippen LogP contribution in [-0.4, -0.2) is 11.5 Å². The van der Waals surface area contributed by atoms with Crippen LogP contribution >= 0.6 is 0 Å². The van der Waals surface area contributed by atoms with Crippen molar-refractivity contribution in [2.24, 2.45) is 5.41 Å². The minimum absolute atomic E-state index is 0.0486. The molecule has 72 valence electrons. The molecule has 0 saturated heterocycles. The highest BCUT2D eigenvalue weighted by Gasteiger charge is 2.42. The third-order valence-corrected chi connectivity index (χ3v) is 2.63. The summed E-state index contributed by atoms with van der Waals surface area (Å²) >= 11 is 0. The number of pyridine rings is 1. The Labute approximate surface area is 83.8 Å². The molecule has 14 heavy (non-hydrogen) atoms. The maximum absolute atomic E-state index is 8.85. The molecular formula is C11H13N3. The molecule has 1 aromatic heterocycles. The summed E-state index contributed by atoms with van der Waals surface area (Å²) in [5.74, 6) is 0. The van der Waals surface area contributed by atoms with Gasteiger partial charge in [-0.1, -0.05) is 0 Å². The first-order valence-corrected chi connectivity index (χ1v) is 4.86. The molecular weight excluding hydrogens is 174 g/mol. The van der Waals surface area contributed by atoms with E-state index in [0.717, 1.165) is 25.9 Å². The molecule has 1 aliphatic rings. The number of nitriles is 1. The van der Waals surface area contributed by atoms with Crippen molar-refractivity contribution in [2.45, 2.75) is 19.4 Å². The summed E-state index contributed by atoms with van der Waals surface area (Å²) in [6.07, 6.45) is 5.67. The third-order valence-electron chi connectivity index (χ3n) is 2.63. The molecule has 0 amide bonds. The molecule has 0 radical (unpaired) electrons. The van der Waals surface area contributed by atoms with Gasteiger partial charge in [0.15, 0.2) is 0 Å². The van der Waals surface area contributed by atoms with E-state index < -0.39 is 0 Å². The second-order valence-electron chi connectivity index (χ2n) is 3.85. The minimum atomic E-state index is -0.0486. The van der Waals surface area contributed by atoms with E-state index in [1.165, 1.54) is 5.56 Å². The normalized spacial score (nSPS) is 17.4. The summed E-state index contributed by atoms with van der Waals surface area (Å²) in [5, 5.41) is 12.2.